The molecule has 0 aliphatic rings. The Morgan fingerprint density at radius 3 is 2.33 bits per heavy atom. The largest absolute Gasteiger partial charge is 0.497 e. The lowest BCUT2D eigenvalue weighted by Gasteiger charge is -2.24. The first-order chi connectivity index (χ1) is 11.3. The van der Waals surface area contributed by atoms with Crippen molar-refractivity contribution in [2.24, 2.45) is 0 Å². The molecule has 0 aliphatic carbocycles. The lowest BCUT2D eigenvalue weighted by atomic mass is 9.97. The van der Waals surface area contributed by atoms with Crippen LogP contribution in [0, 0.1) is 0 Å². The third kappa shape index (κ3) is 4.05. The second-order valence-electron chi connectivity index (χ2n) is 5.48. The monoisotopic (exact) mass is 351 g/mol. The van der Waals surface area contributed by atoms with Gasteiger partial charge < -0.3 is 14.6 Å². The zero-order valence-corrected chi connectivity index (χ0v) is 14.6. The van der Waals surface area contributed by atoms with Crippen molar-refractivity contribution in [3.05, 3.63) is 54.1 Å². The average molecular weight is 351 g/mol. The summed E-state index contributed by atoms with van der Waals surface area (Å²) >= 11 is 0. The average Bonchev–Trinajstić information content (AvgIpc) is 2.60. The van der Waals surface area contributed by atoms with Gasteiger partial charge in [0, 0.05) is 12.6 Å². The zero-order valence-electron chi connectivity index (χ0n) is 13.8. The van der Waals surface area contributed by atoms with Crippen molar-refractivity contribution in [2.75, 3.05) is 20.8 Å². The molecular formula is C17H21NO5S. The Morgan fingerprint density at radius 2 is 1.75 bits per heavy atom. The number of sulfonamides is 1. The van der Waals surface area contributed by atoms with Gasteiger partial charge in [-0.2, -0.15) is 0 Å². The normalized spacial score (nSPS) is 14.0. The molecule has 2 aromatic rings. The maximum atomic E-state index is 12.6. The first-order valence-corrected chi connectivity index (χ1v) is 8.78. The Morgan fingerprint density at radius 1 is 1.08 bits per heavy atom. The van der Waals surface area contributed by atoms with Gasteiger partial charge in [-0.05, 0) is 24.6 Å². The molecule has 0 bridgehead atoms. The van der Waals surface area contributed by atoms with E-state index in [9.17, 15) is 13.5 Å². The summed E-state index contributed by atoms with van der Waals surface area (Å²) in [5.41, 5.74) is -0.731. The van der Waals surface area contributed by atoms with Crippen LogP contribution in [-0.4, -0.2) is 34.3 Å². The van der Waals surface area contributed by atoms with Crippen LogP contribution in [-0.2, 0) is 15.6 Å². The highest BCUT2D eigenvalue weighted by atomic mass is 32.2. The predicted molar refractivity (Wildman–Crippen MR) is 90.7 cm³/mol. The molecule has 0 heterocycles. The fourth-order valence-electron chi connectivity index (χ4n) is 2.21. The van der Waals surface area contributed by atoms with E-state index < -0.39 is 15.6 Å². The Bertz CT molecular complexity index is 788. The SMILES string of the molecule is COc1ccc(OC)c(S(=O)(=O)NCC(C)(O)c2ccccc2)c1. The topological polar surface area (TPSA) is 84.9 Å². The minimum atomic E-state index is -3.89. The van der Waals surface area contributed by atoms with E-state index in [-0.39, 0.29) is 17.2 Å². The maximum Gasteiger partial charge on any atom is 0.244 e. The van der Waals surface area contributed by atoms with Crippen molar-refractivity contribution in [1.82, 2.24) is 4.72 Å². The van der Waals surface area contributed by atoms with Crippen LogP contribution in [0.25, 0.3) is 0 Å². The first kappa shape index (κ1) is 18.3. The van der Waals surface area contributed by atoms with Gasteiger partial charge >= 0.3 is 0 Å². The van der Waals surface area contributed by atoms with Crippen LogP contribution < -0.4 is 14.2 Å². The number of ether oxygens (including phenoxy) is 2. The maximum absolute atomic E-state index is 12.6. The summed E-state index contributed by atoms with van der Waals surface area (Å²) in [7, 11) is -1.05. The summed E-state index contributed by atoms with van der Waals surface area (Å²) in [6.07, 6.45) is 0. The third-order valence-corrected chi connectivity index (χ3v) is 5.08. The van der Waals surface area contributed by atoms with E-state index in [4.69, 9.17) is 9.47 Å². The van der Waals surface area contributed by atoms with Crippen LogP contribution in [0.1, 0.15) is 12.5 Å². The van der Waals surface area contributed by atoms with Crippen molar-refractivity contribution in [1.29, 1.82) is 0 Å². The lowest BCUT2D eigenvalue weighted by molar-refractivity contribution is 0.0627. The van der Waals surface area contributed by atoms with Gasteiger partial charge in [0.2, 0.25) is 10.0 Å². The molecule has 1 atom stereocenters. The summed E-state index contributed by atoms with van der Waals surface area (Å²) < 4.78 is 37.8. The summed E-state index contributed by atoms with van der Waals surface area (Å²) in [5, 5.41) is 10.5. The Balaban J connectivity index is 2.26. The highest BCUT2D eigenvalue weighted by Gasteiger charge is 2.27. The minimum absolute atomic E-state index is 0.0480. The Labute approximate surface area is 142 Å². The van der Waals surface area contributed by atoms with Crippen LogP contribution in [0.3, 0.4) is 0 Å². The van der Waals surface area contributed by atoms with Crippen LogP contribution >= 0.6 is 0 Å². The van der Waals surface area contributed by atoms with Crippen molar-refractivity contribution in [3.63, 3.8) is 0 Å². The Kier molecular flexibility index (Phi) is 5.48. The molecule has 2 aromatic carbocycles. The molecule has 0 aromatic heterocycles. The molecule has 0 amide bonds. The number of hydrogen-bond donors (Lipinski definition) is 2. The summed E-state index contributed by atoms with van der Waals surface area (Å²) in [6.45, 7) is 1.37. The first-order valence-electron chi connectivity index (χ1n) is 7.30. The van der Waals surface area contributed by atoms with Gasteiger partial charge in [0.25, 0.3) is 0 Å². The van der Waals surface area contributed by atoms with Crippen molar-refractivity contribution in [3.8, 4) is 11.5 Å². The molecule has 6 nitrogen and oxygen atoms in total. The molecule has 2 rings (SSSR count). The fourth-order valence-corrected chi connectivity index (χ4v) is 3.52. The molecule has 0 saturated carbocycles. The van der Waals surface area contributed by atoms with Gasteiger partial charge in [-0.1, -0.05) is 30.3 Å². The second kappa shape index (κ2) is 7.21. The molecule has 0 saturated heterocycles. The van der Waals surface area contributed by atoms with E-state index in [1.54, 1.807) is 37.3 Å². The fraction of sp³-hybridized carbons (Fsp3) is 0.294. The summed E-state index contributed by atoms with van der Waals surface area (Å²) in [6, 6.07) is 13.4. The molecule has 0 spiro atoms. The van der Waals surface area contributed by atoms with Crippen molar-refractivity contribution < 1.29 is 23.0 Å². The molecule has 0 radical (unpaired) electrons. The van der Waals surface area contributed by atoms with Crippen LogP contribution in [0.15, 0.2) is 53.4 Å². The van der Waals surface area contributed by atoms with E-state index in [1.807, 2.05) is 6.07 Å². The highest BCUT2D eigenvalue weighted by Crippen LogP contribution is 2.28. The van der Waals surface area contributed by atoms with Gasteiger partial charge in [0.05, 0.1) is 14.2 Å². The van der Waals surface area contributed by atoms with Crippen LogP contribution in [0.2, 0.25) is 0 Å². The summed E-state index contributed by atoms with van der Waals surface area (Å²) in [4.78, 5) is -0.0480. The van der Waals surface area contributed by atoms with Gasteiger partial charge in [-0.3, -0.25) is 0 Å². The number of methoxy groups -OCH3 is 2. The standard InChI is InChI=1S/C17H21NO5S/c1-17(19,13-7-5-4-6-8-13)12-18-24(20,21)16-11-14(22-2)9-10-15(16)23-3/h4-11,18-19H,12H2,1-3H3. The Hall–Kier alpha value is -2.09. The molecule has 130 valence electrons. The summed E-state index contributed by atoms with van der Waals surface area (Å²) in [5.74, 6) is 0.591. The van der Waals surface area contributed by atoms with E-state index in [0.29, 0.717) is 11.3 Å². The number of nitrogens with one attached hydrogen (secondary N) is 1. The minimum Gasteiger partial charge on any atom is -0.497 e. The van der Waals surface area contributed by atoms with Gasteiger partial charge in [0.15, 0.2) is 0 Å². The predicted octanol–water partition coefficient (Wildman–Crippen LogP) is 1.89. The molecule has 0 fully saturated rings. The third-order valence-electron chi connectivity index (χ3n) is 3.66. The molecule has 2 N–H and O–H groups in total. The van der Waals surface area contributed by atoms with Crippen LogP contribution in [0.5, 0.6) is 11.5 Å². The number of aliphatic hydroxyl groups is 1. The van der Waals surface area contributed by atoms with E-state index in [0.717, 1.165) is 0 Å². The van der Waals surface area contributed by atoms with E-state index in [2.05, 4.69) is 4.72 Å². The lowest BCUT2D eigenvalue weighted by Crippen LogP contribution is -2.38. The molecule has 7 heteroatoms. The van der Waals surface area contributed by atoms with Crippen molar-refractivity contribution >= 4 is 10.0 Å². The molecule has 24 heavy (non-hydrogen) atoms. The second-order valence-corrected chi connectivity index (χ2v) is 7.22. The quantitative estimate of drug-likeness (QED) is 0.796. The highest BCUT2D eigenvalue weighted by molar-refractivity contribution is 7.89. The smallest absolute Gasteiger partial charge is 0.244 e. The van der Waals surface area contributed by atoms with E-state index >= 15 is 0 Å². The van der Waals surface area contributed by atoms with Crippen LogP contribution in [0.4, 0.5) is 0 Å². The number of hydrogen-bond acceptors (Lipinski definition) is 5. The zero-order chi connectivity index (χ0) is 17.8. The number of rotatable bonds is 7. The van der Waals surface area contributed by atoms with Gasteiger partial charge in [-0.15, -0.1) is 0 Å². The van der Waals surface area contributed by atoms with Crippen molar-refractivity contribution in [2.45, 2.75) is 17.4 Å². The molecule has 0 aliphatic heterocycles. The van der Waals surface area contributed by atoms with E-state index in [1.165, 1.54) is 26.4 Å². The number of benzene rings is 2. The van der Waals surface area contributed by atoms with Gasteiger partial charge in [0.1, 0.15) is 22.0 Å². The molecular weight excluding hydrogens is 330 g/mol. The van der Waals surface area contributed by atoms with Gasteiger partial charge in [-0.25, -0.2) is 13.1 Å². The molecule has 1 unspecified atom stereocenters.